The number of anilines is 1. The van der Waals surface area contributed by atoms with E-state index in [1.165, 1.54) is 12.3 Å². The fourth-order valence-electron chi connectivity index (χ4n) is 3.31. The van der Waals surface area contributed by atoms with Gasteiger partial charge in [0, 0.05) is 31.3 Å². The van der Waals surface area contributed by atoms with E-state index in [-0.39, 0.29) is 11.7 Å². The van der Waals surface area contributed by atoms with Crippen LogP contribution < -0.4 is 4.90 Å². The van der Waals surface area contributed by atoms with Crippen molar-refractivity contribution in [3.63, 3.8) is 0 Å². The summed E-state index contributed by atoms with van der Waals surface area (Å²) in [6, 6.07) is 6.53. The summed E-state index contributed by atoms with van der Waals surface area (Å²) in [5, 5.41) is 21.8. The SMILES string of the molecule is O=[N+]([O-])c1cccnc1N1CCCCC[C@@H]1C[C@@H](O)c1ccco1. The molecule has 1 fully saturated rings. The molecule has 2 aromatic rings. The average Bonchev–Trinajstić information content (AvgIpc) is 3.03. The Balaban J connectivity index is 1.87. The summed E-state index contributed by atoms with van der Waals surface area (Å²) in [4.78, 5) is 17.2. The fraction of sp³-hybridized carbons (Fsp3) is 0.471. The molecule has 0 spiro atoms. The average molecular weight is 331 g/mol. The van der Waals surface area contributed by atoms with Crippen molar-refractivity contribution in [2.45, 2.75) is 44.2 Å². The van der Waals surface area contributed by atoms with Gasteiger partial charge in [0.05, 0.1) is 11.2 Å². The zero-order valence-corrected chi connectivity index (χ0v) is 13.4. The van der Waals surface area contributed by atoms with Gasteiger partial charge in [0.25, 0.3) is 0 Å². The predicted molar refractivity (Wildman–Crippen MR) is 88.8 cm³/mol. The highest BCUT2D eigenvalue weighted by molar-refractivity contribution is 5.58. The van der Waals surface area contributed by atoms with E-state index in [1.54, 1.807) is 24.4 Å². The van der Waals surface area contributed by atoms with Gasteiger partial charge in [0.15, 0.2) is 0 Å². The molecular weight excluding hydrogens is 310 g/mol. The van der Waals surface area contributed by atoms with Crippen LogP contribution in [0.5, 0.6) is 0 Å². The zero-order valence-electron chi connectivity index (χ0n) is 13.4. The van der Waals surface area contributed by atoms with Crippen molar-refractivity contribution < 1.29 is 14.4 Å². The number of pyridine rings is 1. The first kappa shape index (κ1) is 16.4. The number of hydrogen-bond acceptors (Lipinski definition) is 6. The van der Waals surface area contributed by atoms with E-state index in [2.05, 4.69) is 4.98 Å². The molecule has 1 saturated heterocycles. The summed E-state index contributed by atoms with van der Waals surface area (Å²) in [6.45, 7) is 0.702. The van der Waals surface area contributed by atoms with Gasteiger partial charge >= 0.3 is 5.69 Å². The van der Waals surface area contributed by atoms with E-state index in [4.69, 9.17) is 4.42 Å². The molecule has 0 unspecified atom stereocenters. The van der Waals surface area contributed by atoms with Gasteiger partial charge in [-0.3, -0.25) is 10.1 Å². The minimum absolute atomic E-state index is 0.0110. The van der Waals surface area contributed by atoms with Crippen LogP contribution in [0.15, 0.2) is 41.1 Å². The molecule has 2 atom stereocenters. The Morgan fingerprint density at radius 2 is 2.25 bits per heavy atom. The van der Waals surface area contributed by atoms with Gasteiger partial charge in [-0.2, -0.15) is 0 Å². The first-order chi connectivity index (χ1) is 11.7. The smallest absolute Gasteiger partial charge is 0.311 e. The second-order valence-electron chi connectivity index (χ2n) is 6.07. The number of aliphatic hydroxyl groups excluding tert-OH is 1. The van der Waals surface area contributed by atoms with Gasteiger partial charge in [0.2, 0.25) is 5.82 Å². The topological polar surface area (TPSA) is 92.6 Å². The van der Waals surface area contributed by atoms with Crippen LogP contribution in [0.2, 0.25) is 0 Å². The normalized spacial score (nSPS) is 19.7. The maximum Gasteiger partial charge on any atom is 0.311 e. The minimum atomic E-state index is -0.728. The Labute approximate surface area is 140 Å². The summed E-state index contributed by atoms with van der Waals surface area (Å²) >= 11 is 0. The van der Waals surface area contributed by atoms with E-state index < -0.39 is 11.0 Å². The highest BCUT2D eigenvalue weighted by atomic mass is 16.6. The highest BCUT2D eigenvalue weighted by Gasteiger charge is 2.30. The summed E-state index contributed by atoms with van der Waals surface area (Å²) in [5.74, 6) is 0.913. The van der Waals surface area contributed by atoms with Crippen molar-refractivity contribution in [3.05, 3.63) is 52.6 Å². The summed E-state index contributed by atoms with van der Waals surface area (Å²) in [6.07, 6.45) is 6.78. The Hall–Kier alpha value is -2.41. The van der Waals surface area contributed by atoms with Gasteiger partial charge in [-0.1, -0.05) is 12.8 Å². The lowest BCUT2D eigenvalue weighted by Gasteiger charge is -2.31. The molecule has 128 valence electrons. The molecule has 0 saturated carbocycles. The lowest BCUT2D eigenvalue weighted by atomic mass is 10.0. The minimum Gasteiger partial charge on any atom is -0.467 e. The molecule has 3 rings (SSSR count). The van der Waals surface area contributed by atoms with Crippen LogP contribution in [-0.4, -0.2) is 27.6 Å². The maximum atomic E-state index is 11.3. The van der Waals surface area contributed by atoms with Crippen molar-refractivity contribution in [2.75, 3.05) is 11.4 Å². The molecule has 1 N–H and O–H groups in total. The lowest BCUT2D eigenvalue weighted by Crippen LogP contribution is -2.37. The molecule has 7 nitrogen and oxygen atoms in total. The van der Waals surface area contributed by atoms with Gasteiger partial charge in [-0.25, -0.2) is 4.98 Å². The summed E-state index contributed by atoms with van der Waals surface area (Å²) in [5.41, 5.74) is 0.0110. The zero-order chi connectivity index (χ0) is 16.9. The third-order valence-electron chi connectivity index (χ3n) is 4.48. The molecule has 1 aliphatic rings. The third-order valence-corrected chi connectivity index (χ3v) is 4.48. The predicted octanol–water partition coefficient (Wildman–Crippen LogP) is 3.46. The monoisotopic (exact) mass is 331 g/mol. The molecule has 0 aromatic carbocycles. The number of furan rings is 1. The molecule has 0 radical (unpaired) electrons. The van der Waals surface area contributed by atoms with Crippen LogP contribution in [0.1, 0.15) is 44.0 Å². The van der Waals surface area contributed by atoms with Crippen LogP contribution in [-0.2, 0) is 0 Å². The molecule has 1 aliphatic heterocycles. The Morgan fingerprint density at radius 3 is 3.00 bits per heavy atom. The molecule has 0 bridgehead atoms. The molecule has 7 heteroatoms. The molecule has 2 aromatic heterocycles. The summed E-state index contributed by atoms with van der Waals surface area (Å²) in [7, 11) is 0. The van der Waals surface area contributed by atoms with E-state index in [9.17, 15) is 15.2 Å². The first-order valence-electron chi connectivity index (χ1n) is 8.24. The summed E-state index contributed by atoms with van der Waals surface area (Å²) < 4.78 is 5.28. The van der Waals surface area contributed by atoms with E-state index >= 15 is 0 Å². The maximum absolute atomic E-state index is 11.3. The molecule has 3 heterocycles. The molecule has 0 amide bonds. The fourth-order valence-corrected chi connectivity index (χ4v) is 3.31. The molecule has 0 aliphatic carbocycles. The number of aliphatic hydroxyl groups is 1. The number of hydrogen-bond donors (Lipinski definition) is 1. The largest absolute Gasteiger partial charge is 0.467 e. The van der Waals surface area contributed by atoms with Crippen molar-refractivity contribution in [3.8, 4) is 0 Å². The van der Waals surface area contributed by atoms with Gasteiger partial charge in [-0.15, -0.1) is 0 Å². The molecule has 24 heavy (non-hydrogen) atoms. The van der Waals surface area contributed by atoms with E-state index in [1.807, 2.05) is 4.90 Å². The number of aromatic nitrogens is 1. The highest BCUT2D eigenvalue weighted by Crippen LogP contribution is 2.33. The number of rotatable bonds is 5. The molecular formula is C17H21N3O4. The Kier molecular flexibility index (Phi) is 5.10. The first-order valence-corrected chi connectivity index (χ1v) is 8.24. The number of nitro groups is 1. The quantitative estimate of drug-likeness (QED) is 0.666. The van der Waals surface area contributed by atoms with Crippen LogP contribution in [0.25, 0.3) is 0 Å². The lowest BCUT2D eigenvalue weighted by molar-refractivity contribution is -0.384. The van der Waals surface area contributed by atoms with Gasteiger partial charge in [0.1, 0.15) is 11.9 Å². The van der Waals surface area contributed by atoms with Crippen molar-refractivity contribution in [2.24, 2.45) is 0 Å². The van der Waals surface area contributed by atoms with Crippen LogP contribution >= 0.6 is 0 Å². The second kappa shape index (κ2) is 7.44. The van der Waals surface area contributed by atoms with Crippen molar-refractivity contribution >= 4 is 11.5 Å². The standard InChI is InChI=1S/C17H21N3O4/c21-15(16-8-5-11-24-16)12-13-6-2-1-3-10-19(13)17-14(20(22)23)7-4-9-18-17/h4-5,7-9,11,13,15,21H,1-3,6,10,12H2/t13-,15-/m1/s1. The van der Waals surface area contributed by atoms with Crippen LogP contribution in [0, 0.1) is 10.1 Å². The van der Waals surface area contributed by atoms with E-state index in [0.29, 0.717) is 24.5 Å². The van der Waals surface area contributed by atoms with Crippen molar-refractivity contribution in [1.82, 2.24) is 4.98 Å². The van der Waals surface area contributed by atoms with E-state index in [0.717, 1.165) is 25.7 Å². The number of nitrogens with zero attached hydrogens (tertiary/aromatic N) is 3. The van der Waals surface area contributed by atoms with Gasteiger partial charge < -0.3 is 14.4 Å². The van der Waals surface area contributed by atoms with Gasteiger partial charge in [-0.05, 0) is 31.0 Å². The van der Waals surface area contributed by atoms with Crippen LogP contribution in [0.4, 0.5) is 11.5 Å². The second-order valence-corrected chi connectivity index (χ2v) is 6.07. The van der Waals surface area contributed by atoms with Crippen LogP contribution in [0.3, 0.4) is 0 Å². The van der Waals surface area contributed by atoms with Crippen molar-refractivity contribution in [1.29, 1.82) is 0 Å². The third kappa shape index (κ3) is 3.56. The Morgan fingerprint density at radius 1 is 1.38 bits per heavy atom. The Bertz CT molecular complexity index is 674.